The van der Waals surface area contributed by atoms with Crippen LogP contribution in [-0.4, -0.2) is 36.1 Å². The number of hydrogen-bond donors (Lipinski definition) is 1. The number of ether oxygens (including phenoxy) is 1. The van der Waals surface area contributed by atoms with Crippen molar-refractivity contribution in [3.05, 3.63) is 51.5 Å². The first kappa shape index (κ1) is 18.3. The van der Waals surface area contributed by atoms with Gasteiger partial charge in [-0.3, -0.25) is 4.90 Å². The van der Waals surface area contributed by atoms with Crippen molar-refractivity contribution >= 4 is 11.3 Å². The summed E-state index contributed by atoms with van der Waals surface area (Å²) in [6.07, 6.45) is -5.03. The lowest BCUT2D eigenvalue weighted by atomic mass is 9.99. The molecule has 0 bridgehead atoms. The van der Waals surface area contributed by atoms with Crippen LogP contribution in [0.25, 0.3) is 0 Å². The van der Waals surface area contributed by atoms with Gasteiger partial charge in [0.2, 0.25) is 0 Å². The molecule has 136 valence electrons. The summed E-state index contributed by atoms with van der Waals surface area (Å²) >= 11 is 1.53. The molecule has 4 nitrogen and oxygen atoms in total. The Balaban J connectivity index is 1.86. The first-order chi connectivity index (χ1) is 11.9. The van der Waals surface area contributed by atoms with Crippen molar-refractivity contribution < 1.29 is 17.9 Å². The fourth-order valence-electron chi connectivity index (χ4n) is 3.23. The number of halogens is 3. The standard InChI is InChI=1S/C17H20F3N3OS/c1-11-16(25-10-22-11)14(8-21)23-6-7-24-15(9-23)12-4-2-3-5-13(12)17(18,19)20/h2-5,10,14-15H,6-9,21H2,1H3. The molecule has 2 N–H and O–H groups in total. The van der Waals surface area contributed by atoms with Crippen LogP contribution in [0.3, 0.4) is 0 Å². The number of rotatable bonds is 4. The molecule has 1 saturated heterocycles. The Bertz CT molecular complexity index is 719. The molecule has 2 atom stereocenters. The summed E-state index contributed by atoms with van der Waals surface area (Å²) in [5.41, 5.74) is 8.19. The average Bonchev–Trinajstić information content (AvgIpc) is 3.01. The van der Waals surface area contributed by atoms with E-state index in [1.54, 1.807) is 11.6 Å². The molecule has 1 aliphatic heterocycles. The Kier molecular flexibility index (Phi) is 5.43. The number of aromatic nitrogens is 1. The van der Waals surface area contributed by atoms with Crippen LogP contribution < -0.4 is 5.73 Å². The van der Waals surface area contributed by atoms with E-state index in [4.69, 9.17) is 10.5 Å². The number of nitrogens with two attached hydrogens (primary N) is 1. The second kappa shape index (κ2) is 7.41. The normalized spacial score (nSPS) is 20.6. The van der Waals surface area contributed by atoms with Crippen molar-refractivity contribution in [3.8, 4) is 0 Å². The van der Waals surface area contributed by atoms with Gasteiger partial charge in [0.15, 0.2) is 0 Å². The Morgan fingerprint density at radius 1 is 1.40 bits per heavy atom. The highest BCUT2D eigenvalue weighted by Crippen LogP contribution is 2.38. The zero-order chi connectivity index (χ0) is 18.0. The zero-order valence-corrected chi connectivity index (χ0v) is 14.6. The minimum absolute atomic E-state index is 0.0584. The van der Waals surface area contributed by atoms with Gasteiger partial charge in [-0.25, -0.2) is 4.98 Å². The summed E-state index contributed by atoms with van der Waals surface area (Å²) in [5, 5.41) is 0. The number of aryl methyl sites for hydroxylation is 1. The van der Waals surface area contributed by atoms with Gasteiger partial charge in [0, 0.05) is 24.5 Å². The van der Waals surface area contributed by atoms with E-state index >= 15 is 0 Å². The average molecular weight is 371 g/mol. The quantitative estimate of drug-likeness (QED) is 0.893. The van der Waals surface area contributed by atoms with Crippen molar-refractivity contribution in [2.75, 3.05) is 26.2 Å². The fraction of sp³-hybridized carbons (Fsp3) is 0.471. The number of hydrogen-bond acceptors (Lipinski definition) is 5. The molecule has 0 saturated carbocycles. The number of alkyl halides is 3. The van der Waals surface area contributed by atoms with E-state index in [0.717, 1.165) is 16.6 Å². The van der Waals surface area contributed by atoms with Crippen LogP contribution in [0.5, 0.6) is 0 Å². The minimum Gasteiger partial charge on any atom is -0.371 e. The molecular formula is C17H20F3N3OS. The van der Waals surface area contributed by atoms with E-state index in [1.807, 2.05) is 6.92 Å². The summed E-state index contributed by atoms with van der Waals surface area (Å²) in [4.78, 5) is 7.42. The first-order valence-electron chi connectivity index (χ1n) is 8.03. The lowest BCUT2D eigenvalue weighted by Crippen LogP contribution is -2.43. The van der Waals surface area contributed by atoms with Gasteiger partial charge in [-0.2, -0.15) is 13.2 Å². The van der Waals surface area contributed by atoms with Crippen LogP contribution in [-0.2, 0) is 10.9 Å². The molecule has 0 aliphatic carbocycles. The highest BCUT2D eigenvalue weighted by atomic mass is 32.1. The van der Waals surface area contributed by atoms with Crippen molar-refractivity contribution in [2.45, 2.75) is 25.2 Å². The van der Waals surface area contributed by atoms with E-state index in [2.05, 4.69) is 9.88 Å². The summed E-state index contributed by atoms with van der Waals surface area (Å²) in [5.74, 6) is 0. The molecule has 2 unspecified atom stereocenters. The molecule has 3 rings (SSSR count). The highest BCUT2D eigenvalue weighted by molar-refractivity contribution is 7.09. The highest BCUT2D eigenvalue weighted by Gasteiger charge is 2.37. The van der Waals surface area contributed by atoms with E-state index < -0.39 is 17.8 Å². The summed E-state index contributed by atoms with van der Waals surface area (Å²) < 4.78 is 45.6. The number of thiazole rings is 1. The maximum Gasteiger partial charge on any atom is 0.416 e. The molecule has 0 amide bonds. The lowest BCUT2D eigenvalue weighted by Gasteiger charge is -2.38. The number of benzene rings is 1. The van der Waals surface area contributed by atoms with Crippen LogP contribution in [0, 0.1) is 6.92 Å². The van der Waals surface area contributed by atoms with Gasteiger partial charge >= 0.3 is 6.18 Å². The summed E-state index contributed by atoms with van der Waals surface area (Å²) in [6.45, 7) is 3.67. The SMILES string of the molecule is Cc1ncsc1C(CN)N1CCOC(c2ccccc2C(F)(F)F)C1. The lowest BCUT2D eigenvalue weighted by molar-refractivity contribution is -0.140. The van der Waals surface area contributed by atoms with Crippen molar-refractivity contribution in [1.82, 2.24) is 9.88 Å². The molecule has 0 radical (unpaired) electrons. The first-order valence-corrected chi connectivity index (χ1v) is 8.91. The third-order valence-corrected chi connectivity index (χ3v) is 5.49. The molecule has 25 heavy (non-hydrogen) atoms. The van der Waals surface area contributed by atoms with E-state index in [1.165, 1.54) is 23.5 Å². The molecule has 1 aromatic heterocycles. The van der Waals surface area contributed by atoms with Crippen LogP contribution in [0.2, 0.25) is 0 Å². The second-order valence-corrected chi connectivity index (χ2v) is 6.88. The molecule has 1 aromatic carbocycles. The van der Waals surface area contributed by atoms with Gasteiger partial charge in [0.25, 0.3) is 0 Å². The van der Waals surface area contributed by atoms with E-state index in [9.17, 15) is 13.2 Å². The van der Waals surface area contributed by atoms with E-state index in [-0.39, 0.29) is 11.6 Å². The third-order valence-electron chi connectivity index (χ3n) is 4.46. The molecule has 0 spiro atoms. The maximum atomic E-state index is 13.3. The van der Waals surface area contributed by atoms with E-state index in [0.29, 0.717) is 26.2 Å². The third kappa shape index (κ3) is 3.87. The van der Waals surface area contributed by atoms with Gasteiger partial charge in [0.1, 0.15) is 0 Å². The Morgan fingerprint density at radius 2 is 2.16 bits per heavy atom. The second-order valence-electron chi connectivity index (χ2n) is 5.99. The predicted molar refractivity (Wildman–Crippen MR) is 90.4 cm³/mol. The van der Waals surface area contributed by atoms with Crippen LogP contribution in [0.4, 0.5) is 13.2 Å². The number of nitrogens with zero attached hydrogens (tertiary/aromatic N) is 2. The minimum atomic E-state index is -4.40. The van der Waals surface area contributed by atoms with Crippen molar-refractivity contribution in [1.29, 1.82) is 0 Å². The van der Waals surface area contributed by atoms with Gasteiger partial charge in [-0.1, -0.05) is 18.2 Å². The Hall–Kier alpha value is -1.48. The monoisotopic (exact) mass is 371 g/mol. The Morgan fingerprint density at radius 3 is 2.80 bits per heavy atom. The van der Waals surface area contributed by atoms with Crippen LogP contribution in [0.1, 0.15) is 33.8 Å². The number of morpholine rings is 1. The summed E-state index contributed by atoms with van der Waals surface area (Å²) in [6, 6.07) is 5.55. The molecule has 1 fully saturated rings. The Labute approximate surface area is 148 Å². The predicted octanol–water partition coefficient (Wildman–Crippen LogP) is 3.54. The summed E-state index contributed by atoms with van der Waals surface area (Å²) in [7, 11) is 0. The van der Waals surface area contributed by atoms with Crippen molar-refractivity contribution in [3.63, 3.8) is 0 Å². The maximum absolute atomic E-state index is 13.3. The molecular weight excluding hydrogens is 351 g/mol. The fourth-order valence-corrected chi connectivity index (χ4v) is 4.18. The molecule has 2 aromatic rings. The largest absolute Gasteiger partial charge is 0.416 e. The van der Waals surface area contributed by atoms with Crippen molar-refractivity contribution in [2.24, 2.45) is 5.73 Å². The van der Waals surface area contributed by atoms with Gasteiger partial charge in [0.05, 0.1) is 35.5 Å². The van der Waals surface area contributed by atoms with Gasteiger partial charge in [-0.15, -0.1) is 11.3 Å². The molecule has 1 aliphatic rings. The molecule has 8 heteroatoms. The van der Waals surface area contributed by atoms with Gasteiger partial charge < -0.3 is 10.5 Å². The van der Waals surface area contributed by atoms with Crippen LogP contribution >= 0.6 is 11.3 Å². The van der Waals surface area contributed by atoms with Gasteiger partial charge in [-0.05, 0) is 18.6 Å². The van der Waals surface area contributed by atoms with Crippen LogP contribution in [0.15, 0.2) is 29.8 Å². The molecule has 2 heterocycles. The topological polar surface area (TPSA) is 51.4 Å². The smallest absolute Gasteiger partial charge is 0.371 e. The zero-order valence-electron chi connectivity index (χ0n) is 13.8.